The molecular formula is C34H35FN4O3. The zero-order valence-electron chi connectivity index (χ0n) is 23.7. The number of rotatable bonds is 13. The maximum absolute atomic E-state index is 14.9. The van der Waals surface area contributed by atoms with Crippen molar-refractivity contribution in [1.82, 2.24) is 19.9 Å². The van der Waals surface area contributed by atoms with Gasteiger partial charge in [-0.3, -0.25) is 14.2 Å². The van der Waals surface area contributed by atoms with E-state index in [0.717, 1.165) is 48.2 Å². The van der Waals surface area contributed by atoms with Gasteiger partial charge in [-0.25, -0.2) is 9.37 Å². The number of halogens is 1. The first-order valence-electron chi connectivity index (χ1n) is 14.4. The Kier molecular flexibility index (Phi) is 9.44. The second-order valence-corrected chi connectivity index (χ2v) is 10.4. The topological polar surface area (TPSA) is 89.0 Å². The van der Waals surface area contributed by atoms with E-state index in [0.29, 0.717) is 36.6 Å². The highest BCUT2D eigenvalue weighted by Gasteiger charge is 2.21. The Morgan fingerprint density at radius 3 is 2.40 bits per heavy atom. The number of benzene rings is 3. The number of aromatic nitrogens is 3. The number of unbranched alkanes of at least 4 members (excludes halogenated alkanes) is 3. The van der Waals surface area contributed by atoms with E-state index < -0.39 is 5.82 Å². The first-order chi connectivity index (χ1) is 20.5. The van der Waals surface area contributed by atoms with E-state index in [9.17, 15) is 14.0 Å². The molecule has 5 rings (SSSR count). The fraction of sp³-hybridized carbons (Fsp3) is 0.265. The van der Waals surface area contributed by atoms with Crippen LogP contribution < -0.4 is 15.6 Å². The molecule has 1 amide bonds. The van der Waals surface area contributed by atoms with Gasteiger partial charge in [-0.2, -0.15) is 0 Å². The molecule has 0 aliphatic carbocycles. The number of fused-ring (bicyclic) bond motifs is 1. The van der Waals surface area contributed by atoms with Crippen molar-refractivity contribution in [3.63, 3.8) is 0 Å². The number of ether oxygens (including phenoxy) is 1. The van der Waals surface area contributed by atoms with Crippen molar-refractivity contribution in [3.8, 4) is 22.8 Å². The molecule has 3 aromatic rings. The number of hydrogen-bond acceptors (Lipinski definition) is 4. The summed E-state index contributed by atoms with van der Waals surface area (Å²) in [6.07, 6.45) is 6.19. The van der Waals surface area contributed by atoms with E-state index in [-0.39, 0.29) is 23.6 Å². The van der Waals surface area contributed by atoms with Gasteiger partial charge < -0.3 is 15.0 Å². The van der Waals surface area contributed by atoms with Crippen LogP contribution in [0.15, 0.2) is 89.9 Å². The van der Waals surface area contributed by atoms with Crippen molar-refractivity contribution < 1.29 is 13.9 Å². The van der Waals surface area contributed by atoms with Crippen molar-refractivity contribution in [3.05, 3.63) is 124 Å². The van der Waals surface area contributed by atoms with Crippen LogP contribution in [-0.2, 0) is 17.6 Å². The minimum atomic E-state index is -0.459. The third-order valence-corrected chi connectivity index (χ3v) is 7.13. The molecular weight excluding hydrogens is 531 g/mol. The van der Waals surface area contributed by atoms with Gasteiger partial charge in [0.15, 0.2) is 17.4 Å². The van der Waals surface area contributed by atoms with Crippen LogP contribution in [0.1, 0.15) is 55.1 Å². The zero-order chi connectivity index (χ0) is 29.3. The fourth-order valence-corrected chi connectivity index (χ4v) is 4.97. The van der Waals surface area contributed by atoms with Crippen LogP contribution in [0, 0.1) is 5.82 Å². The van der Waals surface area contributed by atoms with Crippen LogP contribution >= 0.6 is 0 Å². The number of nitrogens with one attached hydrogen (secondary N) is 2. The average Bonchev–Trinajstić information content (AvgIpc) is 3.31. The van der Waals surface area contributed by atoms with Crippen LogP contribution in [-0.4, -0.2) is 33.6 Å². The Morgan fingerprint density at radius 2 is 1.67 bits per heavy atom. The SMILES string of the molecule is CC(=O)NCCCCCCOc1ccc(Cc2nc3c(Cc4ccccc4)[nH]c(-c4ccccc4)cn-3c2=O)cc1F. The van der Waals surface area contributed by atoms with Gasteiger partial charge in [0.2, 0.25) is 5.91 Å². The third kappa shape index (κ3) is 7.32. The highest BCUT2D eigenvalue weighted by atomic mass is 19.1. The maximum Gasteiger partial charge on any atom is 0.278 e. The summed E-state index contributed by atoms with van der Waals surface area (Å²) < 4.78 is 22.1. The minimum Gasteiger partial charge on any atom is -0.491 e. The molecule has 2 aliphatic heterocycles. The van der Waals surface area contributed by atoms with Crippen LogP contribution in [0.25, 0.3) is 17.1 Å². The van der Waals surface area contributed by atoms with E-state index in [1.807, 2.05) is 60.7 Å². The smallest absolute Gasteiger partial charge is 0.278 e. The molecule has 0 spiro atoms. The summed E-state index contributed by atoms with van der Waals surface area (Å²) in [6, 6.07) is 24.7. The maximum atomic E-state index is 14.9. The van der Waals surface area contributed by atoms with E-state index in [4.69, 9.17) is 9.72 Å². The first-order valence-corrected chi connectivity index (χ1v) is 14.4. The summed E-state index contributed by atoms with van der Waals surface area (Å²) in [6.45, 7) is 2.59. The normalized spacial score (nSPS) is 11.1. The van der Waals surface area contributed by atoms with E-state index in [2.05, 4.69) is 10.3 Å². The molecule has 42 heavy (non-hydrogen) atoms. The number of aromatic amines is 1. The summed E-state index contributed by atoms with van der Waals surface area (Å²) in [7, 11) is 0. The predicted molar refractivity (Wildman–Crippen MR) is 162 cm³/mol. The molecule has 0 radical (unpaired) electrons. The Balaban J connectivity index is 1.30. The number of hydrogen-bond donors (Lipinski definition) is 2. The summed E-state index contributed by atoms with van der Waals surface area (Å²) >= 11 is 0. The lowest BCUT2D eigenvalue weighted by Crippen LogP contribution is -2.20. The molecule has 7 nitrogen and oxygen atoms in total. The van der Waals surface area contributed by atoms with Gasteiger partial charge in [-0.15, -0.1) is 0 Å². The summed E-state index contributed by atoms with van der Waals surface area (Å²) in [4.78, 5) is 32.7. The fourth-order valence-electron chi connectivity index (χ4n) is 4.97. The second kappa shape index (κ2) is 13.8. The molecule has 2 aliphatic rings. The van der Waals surface area contributed by atoms with Gasteiger partial charge in [0.05, 0.1) is 18.0 Å². The van der Waals surface area contributed by atoms with Crippen LogP contribution in [0.4, 0.5) is 4.39 Å². The number of carbonyl (C=O) groups is 1. The Morgan fingerprint density at radius 1 is 0.929 bits per heavy atom. The molecule has 8 heteroatoms. The van der Waals surface area contributed by atoms with Crippen molar-refractivity contribution in [1.29, 1.82) is 0 Å². The monoisotopic (exact) mass is 566 g/mol. The molecule has 0 saturated heterocycles. The number of H-pyrrole nitrogens is 1. The Bertz CT molecular complexity index is 1650. The number of carbonyl (C=O) groups excluding carboxylic acids is 1. The molecule has 0 unspecified atom stereocenters. The van der Waals surface area contributed by atoms with Crippen molar-refractivity contribution >= 4 is 5.91 Å². The van der Waals surface area contributed by atoms with E-state index >= 15 is 0 Å². The predicted octanol–water partition coefficient (Wildman–Crippen LogP) is 6.06. The van der Waals surface area contributed by atoms with Crippen LogP contribution in [0.2, 0.25) is 0 Å². The molecule has 0 saturated carbocycles. The largest absolute Gasteiger partial charge is 0.491 e. The lowest BCUT2D eigenvalue weighted by atomic mass is 10.1. The van der Waals surface area contributed by atoms with E-state index in [1.165, 1.54) is 13.0 Å². The summed E-state index contributed by atoms with van der Waals surface area (Å²) in [5.41, 5.74) is 4.49. The van der Waals surface area contributed by atoms with Crippen LogP contribution in [0.5, 0.6) is 5.75 Å². The first kappa shape index (κ1) is 28.8. The van der Waals surface area contributed by atoms with Gasteiger partial charge in [-0.05, 0) is 41.7 Å². The minimum absolute atomic E-state index is 0.0200. The molecule has 2 N–H and O–H groups in total. The van der Waals surface area contributed by atoms with Gasteiger partial charge >= 0.3 is 0 Å². The van der Waals surface area contributed by atoms with Gasteiger partial charge in [-0.1, -0.05) is 79.6 Å². The number of nitrogens with zero attached hydrogens (tertiary/aromatic N) is 2. The molecule has 3 aromatic carbocycles. The van der Waals surface area contributed by atoms with Crippen molar-refractivity contribution in [2.75, 3.05) is 13.2 Å². The van der Waals surface area contributed by atoms with Crippen LogP contribution in [0.3, 0.4) is 0 Å². The third-order valence-electron chi connectivity index (χ3n) is 7.13. The average molecular weight is 567 g/mol. The second-order valence-electron chi connectivity index (χ2n) is 10.4. The van der Waals surface area contributed by atoms with Gasteiger partial charge in [0.1, 0.15) is 5.69 Å². The lowest BCUT2D eigenvalue weighted by molar-refractivity contribution is -0.118. The number of imidazole rings is 1. The highest BCUT2D eigenvalue weighted by Crippen LogP contribution is 2.25. The Hall–Kier alpha value is -4.72. The van der Waals surface area contributed by atoms with E-state index in [1.54, 1.807) is 22.9 Å². The lowest BCUT2D eigenvalue weighted by Gasteiger charge is -2.13. The quantitative estimate of drug-likeness (QED) is 0.170. The highest BCUT2D eigenvalue weighted by molar-refractivity contribution is 5.72. The van der Waals surface area contributed by atoms with Gasteiger partial charge in [0, 0.05) is 32.5 Å². The molecule has 216 valence electrons. The molecule has 2 heterocycles. The summed E-state index contributed by atoms with van der Waals surface area (Å²) in [5.74, 6) is 0.282. The molecule has 0 aromatic heterocycles. The number of amides is 1. The van der Waals surface area contributed by atoms with Crippen molar-refractivity contribution in [2.24, 2.45) is 0 Å². The summed E-state index contributed by atoms with van der Waals surface area (Å²) in [5, 5.41) is 2.78. The van der Waals surface area contributed by atoms with Crippen molar-refractivity contribution in [2.45, 2.75) is 45.4 Å². The molecule has 0 bridgehead atoms. The zero-order valence-corrected chi connectivity index (χ0v) is 23.7. The standard InChI is InChI=1S/C34H35FN4O3/c1-24(40)36-18-10-2-3-11-19-42-32-17-16-26(20-28(32)35)22-30-34(41)39-23-31(27-14-8-5-9-15-27)37-29(33(39)38-30)21-25-12-6-4-7-13-25/h4-9,12-17,20,23,37H,2-3,10-11,18-19,21-22H2,1H3,(H,36,40). The Labute approximate surface area is 244 Å². The van der Waals surface area contributed by atoms with Gasteiger partial charge in [0.25, 0.3) is 5.56 Å². The molecule has 0 fully saturated rings. The molecule has 0 atom stereocenters.